The average Bonchev–Trinajstić information content (AvgIpc) is 3.40. The number of hydrogen-bond donors (Lipinski definition) is 1. The minimum Gasteiger partial charge on any atom is -0.497 e. The van der Waals surface area contributed by atoms with E-state index in [0.717, 1.165) is 60.1 Å². The third kappa shape index (κ3) is 7.30. The fourth-order valence-corrected chi connectivity index (χ4v) is 6.49. The lowest BCUT2D eigenvalue weighted by molar-refractivity contribution is -0.122. The fourth-order valence-electron chi connectivity index (χ4n) is 5.25. The van der Waals surface area contributed by atoms with E-state index in [-0.39, 0.29) is 11.9 Å². The van der Waals surface area contributed by atoms with E-state index in [1.165, 1.54) is 31.5 Å². The Hall–Kier alpha value is -2.49. The number of methoxy groups -OCH3 is 1. The summed E-state index contributed by atoms with van der Waals surface area (Å²) in [5.41, 5.74) is 3.12. The second kappa shape index (κ2) is 12.8. The van der Waals surface area contributed by atoms with Gasteiger partial charge in [-0.05, 0) is 87.5 Å². The molecule has 0 spiro atoms. The summed E-state index contributed by atoms with van der Waals surface area (Å²) in [6.07, 6.45) is 6.73. The van der Waals surface area contributed by atoms with Crippen LogP contribution in [0.2, 0.25) is 0 Å². The first-order valence-corrected chi connectivity index (χ1v) is 14.4. The second-order valence-corrected chi connectivity index (χ2v) is 11.8. The van der Waals surface area contributed by atoms with Gasteiger partial charge >= 0.3 is 0 Å². The number of pyridine rings is 1. The van der Waals surface area contributed by atoms with E-state index in [1.807, 2.05) is 32.2 Å². The van der Waals surface area contributed by atoms with Crippen LogP contribution in [0.3, 0.4) is 0 Å². The van der Waals surface area contributed by atoms with Gasteiger partial charge in [-0.1, -0.05) is 6.07 Å². The number of amides is 1. The van der Waals surface area contributed by atoms with Crippen LogP contribution in [0.4, 0.5) is 5.82 Å². The molecule has 37 heavy (non-hydrogen) atoms. The lowest BCUT2D eigenvalue weighted by Gasteiger charge is -2.33. The van der Waals surface area contributed by atoms with Crippen LogP contribution in [0, 0.1) is 13.8 Å². The number of ether oxygens (including phenoxy) is 1. The molecule has 0 radical (unpaired) electrons. The summed E-state index contributed by atoms with van der Waals surface area (Å²) >= 11 is 0. The number of hydrogen-bond acceptors (Lipinski definition) is 6. The van der Waals surface area contributed by atoms with Crippen LogP contribution in [0.25, 0.3) is 0 Å². The predicted molar refractivity (Wildman–Crippen MR) is 148 cm³/mol. The number of aromatic nitrogens is 1. The Morgan fingerprint density at radius 2 is 1.81 bits per heavy atom. The van der Waals surface area contributed by atoms with Crippen LogP contribution < -0.4 is 15.0 Å². The van der Waals surface area contributed by atoms with Crippen molar-refractivity contribution in [1.82, 2.24) is 19.5 Å². The molecule has 2 saturated heterocycles. The van der Waals surface area contributed by atoms with Gasteiger partial charge in [0.05, 0.1) is 12.0 Å². The first-order chi connectivity index (χ1) is 17.8. The number of anilines is 1. The molecule has 1 N–H and O–H groups in total. The zero-order valence-corrected chi connectivity index (χ0v) is 23.5. The number of likely N-dealkylation sites (tertiary alicyclic amines) is 1. The van der Waals surface area contributed by atoms with E-state index >= 15 is 0 Å². The zero-order chi connectivity index (χ0) is 26.4. The molecule has 0 bridgehead atoms. The monoisotopic (exact) mass is 527 g/mol. The van der Waals surface area contributed by atoms with Crippen molar-refractivity contribution in [3.63, 3.8) is 0 Å². The van der Waals surface area contributed by atoms with Gasteiger partial charge in [0, 0.05) is 51.9 Å². The smallest absolute Gasteiger partial charge is 0.221 e. The summed E-state index contributed by atoms with van der Waals surface area (Å²) in [6.45, 7) is 9.43. The Kier molecular flexibility index (Phi) is 9.56. The molecule has 1 aromatic carbocycles. The molecule has 0 aliphatic carbocycles. The number of benzene rings is 1. The normalized spacial score (nSPS) is 17.8. The Bertz CT molecular complexity index is 1060. The number of carbonyl (C=O) groups excluding carboxylic acids is 1. The number of aryl methyl sites for hydroxylation is 2. The van der Waals surface area contributed by atoms with Crippen LogP contribution in [0.15, 0.2) is 35.4 Å². The van der Waals surface area contributed by atoms with E-state index in [9.17, 15) is 9.00 Å². The van der Waals surface area contributed by atoms with Crippen molar-refractivity contribution in [1.29, 1.82) is 0 Å². The SMILES string of the molecule is COc1cc(C)c(S(=O)N(C)CCC(=O)NC2CCN(c3ccc(CN4CCCC4)cn3)CC2)c(C)c1. The number of carbonyl (C=O) groups is 1. The van der Waals surface area contributed by atoms with Crippen molar-refractivity contribution in [3.05, 3.63) is 47.2 Å². The molecule has 1 unspecified atom stereocenters. The fraction of sp³-hybridized carbons (Fsp3) is 0.571. The number of nitrogens with one attached hydrogen (secondary N) is 1. The summed E-state index contributed by atoms with van der Waals surface area (Å²) in [5, 5.41) is 3.18. The average molecular weight is 528 g/mol. The molecule has 9 heteroatoms. The minimum absolute atomic E-state index is 0.00913. The summed E-state index contributed by atoms with van der Waals surface area (Å²) in [6, 6.07) is 8.29. The first kappa shape index (κ1) is 27.5. The van der Waals surface area contributed by atoms with E-state index < -0.39 is 11.0 Å². The molecule has 202 valence electrons. The van der Waals surface area contributed by atoms with Crippen molar-refractivity contribution < 1.29 is 13.7 Å². The molecule has 3 heterocycles. The Morgan fingerprint density at radius 3 is 2.41 bits per heavy atom. The van der Waals surface area contributed by atoms with Gasteiger partial charge in [-0.3, -0.25) is 9.69 Å². The van der Waals surface area contributed by atoms with Crippen LogP contribution in [-0.2, 0) is 22.3 Å². The predicted octanol–water partition coefficient (Wildman–Crippen LogP) is 3.43. The van der Waals surface area contributed by atoms with Gasteiger partial charge in [-0.15, -0.1) is 0 Å². The molecular formula is C28H41N5O3S. The van der Waals surface area contributed by atoms with Crippen molar-refractivity contribution in [2.45, 2.75) is 63.4 Å². The van der Waals surface area contributed by atoms with E-state index in [4.69, 9.17) is 9.72 Å². The zero-order valence-electron chi connectivity index (χ0n) is 22.7. The molecule has 1 amide bonds. The molecule has 2 fully saturated rings. The highest BCUT2D eigenvalue weighted by Crippen LogP contribution is 2.26. The van der Waals surface area contributed by atoms with E-state index in [2.05, 4.69) is 27.2 Å². The van der Waals surface area contributed by atoms with Crippen LogP contribution in [0.5, 0.6) is 5.75 Å². The van der Waals surface area contributed by atoms with Gasteiger partial charge in [0.25, 0.3) is 0 Å². The molecule has 2 aromatic rings. The molecule has 1 atom stereocenters. The van der Waals surface area contributed by atoms with Gasteiger partial charge in [-0.25, -0.2) is 13.5 Å². The van der Waals surface area contributed by atoms with Gasteiger partial charge in [0.2, 0.25) is 5.91 Å². The van der Waals surface area contributed by atoms with Gasteiger partial charge in [0.1, 0.15) is 22.6 Å². The standard InChI is InChI=1S/C28H41N5O3S/c1-21-17-25(36-4)18-22(2)28(21)37(35)31(3)14-11-27(34)30-24-9-15-33(16-10-24)26-8-7-23(19-29-26)20-32-12-5-6-13-32/h7-8,17-19,24H,5-6,9-16,20H2,1-4H3,(H,30,34). The minimum atomic E-state index is -1.33. The van der Waals surface area contributed by atoms with Crippen molar-refractivity contribution in [2.24, 2.45) is 0 Å². The van der Waals surface area contributed by atoms with E-state index in [0.29, 0.717) is 13.0 Å². The highest BCUT2D eigenvalue weighted by atomic mass is 32.2. The largest absolute Gasteiger partial charge is 0.497 e. The Morgan fingerprint density at radius 1 is 1.14 bits per heavy atom. The lowest BCUT2D eigenvalue weighted by atomic mass is 10.0. The van der Waals surface area contributed by atoms with Crippen LogP contribution in [0.1, 0.15) is 48.8 Å². The molecule has 2 aliphatic rings. The Balaban J connectivity index is 1.19. The molecule has 0 saturated carbocycles. The Labute approximate surface area is 224 Å². The number of rotatable bonds is 10. The summed E-state index contributed by atoms with van der Waals surface area (Å²) in [4.78, 5) is 22.9. The molecule has 2 aliphatic heterocycles. The summed E-state index contributed by atoms with van der Waals surface area (Å²) < 4.78 is 20.2. The van der Waals surface area contributed by atoms with Gasteiger partial charge < -0.3 is 15.0 Å². The molecule has 4 rings (SSSR count). The summed E-state index contributed by atoms with van der Waals surface area (Å²) in [5.74, 6) is 1.78. The van der Waals surface area contributed by atoms with Crippen molar-refractivity contribution >= 4 is 22.7 Å². The molecule has 8 nitrogen and oxygen atoms in total. The van der Waals surface area contributed by atoms with Crippen molar-refractivity contribution in [3.8, 4) is 5.75 Å². The highest BCUT2D eigenvalue weighted by Gasteiger charge is 2.23. The quantitative estimate of drug-likeness (QED) is 0.510. The maximum Gasteiger partial charge on any atom is 0.221 e. The third-order valence-corrected chi connectivity index (χ3v) is 9.12. The second-order valence-electron chi connectivity index (χ2n) is 10.3. The maximum absolute atomic E-state index is 13.1. The topological polar surface area (TPSA) is 78.0 Å². The van der Waals surface area contributed by atoms with Crippen LogP contribution in [-0.4, -0.2) is 77.2 Å². The lowest BCUT2D eigenvalue weighted by Crippen LogP contribution is -2.45. The summed E-state index contributed by atoms with van der Waals surface area (Å²) in [7, 11) is 2.10. The molecule has 1 aromatic heterocycles. The number of piperidine rings is 1. The highest BCUT2D eigenvalue weighted by molar-refractivity contribution is 7.82. The van der Waals surface area contributed by atoms with E-state index in [1.54, 1.807) is 18.5 Å². The molecular weight excluding hydrogens is 486 g/mol. The van der Waals surface area contributed by atoms with Crippen molar-refractivity contribution in [2.75, 3.05) is 51.8 Å². The third-order valence-electron chi connectivity index (χ3n) is 7.38. The van der Waals surface area contributed by atoms with Gasteiger partial charge in [0.15, 0.2) is 0 Å². The van der Waals surface area contributed by atoms with Crippen LogP contribution >= 0.6 is 0 Å². The first-order valence-electron chi connectivity index (χ1n) is 13.3. The number of nitrogens with zero attached hydrogens (tertiary/aromatic N) is 4. The maximum atomic E-state index is 13.1. The van der Waals surface area contributed by atoms with Gasteiger partial charge in [-0.2, -0.15) is 0 Å².